The molecule has 2 atom stereocenters. The molecule has 1 aromatic rings. The molecule has 2 unspecified atom stereocenters. The quantitative estimate of drug-likeness (QED) is 0.771. The van der Waals surface area contributed by atoms with Crippen molar-refractivity contribution < 1.29 is 4.79 Å². The maximum absolute atomic E-state index is 12.4. The molecule has 1 aliphatic heterocycles. The molecule has 1 heterocycles. The van der Waals surface area contributed by atoms with Crippen molar-refractivity contribution in [1.82, 2.24) is 4.90 Å². The van der Waals surface area contributed by atoms with Crippen molar-refractivity contribution in [3.63, 3.8) is 0 Å². The summed E-state index contributed by atoms with van der Waals surface area (Å²) in [6, 6.07) is 7.09. The van der Waals surface area contributed by atoms with Crippen molar-refractivity contribution in [2.75, 3.05) is 6.54 Å². The number of nitrogens with zero attached hydrogens (tertiary/aromatic N) is 1. The Morgan fingerprint density at radius 2 is 1.79 bits per heavy atom. The van der Waals surface area contributed by atoms with Crippen LogP contribution in [0.15, 0.2) is 18.2 Å². The molecule has 104 valence electrons. The topological polar surface area (TPSA) is 20.3 Å². The van der Waals surface area contributed by atoms with Gasteiger partial charge in [-0.15, -0.1) is 0 Å². The minimum absolute atomic E-state index is 0.253. The lowest BCUT2D eigenvalue weighted by molar-refractivity contribution is 0.0734. The predicted molar refractivity (Wildman–Crippen MR) is 79.7 cm³/mol. The summed E-state index contributed by atoms with van der Waals surface area (Å²) in [5, 5.41) is 0. The van der Waals surface area contributed by atoms with E-state index in [1.165, 1.54) is 30.4 Å². The number of hydrogen-bond donors (Lipinski definition) is 0. The van der Waals surface area contributed by atoms with Gasteiger partial charge in [0.05, 0.1) is 6.54 Å². The van der Waals surface area contributed by atoms with Crippen molar-refractivity contribution in [2.45, 2.75) is 59.0 Å². The van der Waals surface area contributed by atoms with Crippen LogP contribution in [0, 0.1) is 13.8 Å². The van der Waals surface area contributed by atoms with Gasteiger partial charge in [-0.05, 0) is 57.7 Å². The molecule has 2 heteroatoms. The molecule has 0 saturated carbocycles. The fourth-order valence-corrected chi connectivity index (χ4v) is 2.96. The van der Waals surface area contributed by atoms with Gasteiger partial charge in [-0.1, -0.05) is 18.6 Å². The average Bonchev–Trinajstić information content (AvgIpc) is 2.37. The second kappa shape index (κ2) is 5.87. The fourth-order valence-electron chi connectivity index (χ4n) is 2.96. The smallest absolute Gasteiger partial charge is 0.176 e. The summed E-state index contributed by atoms with van der Waals surface area (Å²) >= 11 is 0. The lowest BCUT2D eigenvalue weighted by Crippen LogP contribution is -2.46. The molecule has 2 nitrogen and oxygen atoms in total. The van der Waals surface area contributed by atoms with Gasteiger partial charge >= 0.3 is 0 Å². The van der Waals surface area contributed by atoms with Gasteiger partial charge in [-0.3, -0.25) is 9.69 Å². The van der Waals surface area contributed by atoms with Crippen molar-refractivity contribution >= 4 is 5.78 Å². The third-order valence-electron chi connectivity index (χ3n) is 4.53. The summed E-state index contributed by atoms with van der Waals surface area (Å²) in [6.45, 7) is 9.19. The van der Waals surface area contributed by atoms with Crippen LogP contribution < -0.4 is 0 Å². The van der Waals surface area contributed by atoms with Crippen molar-refractivity contribution in [1.29, 1.82) is 0 Å². The Bertz CT molecular complexity index is 456. The lowest BCUT2D eigenvalue weighted by atomic mass is 9.96. The van der Waals surface area contributed by atoms with Gasteiger partial charge in [0, 0.05) is 17.6 Å². The summed E-state index contributed by atoms with van der Waals surface area (Å²) in [6.07, 6.45) is 3.71. The molecule has 2 rings (SSSR count). The first-order chi connectivity index (χ1) is 8.99. The second-order valence-electron chi connectivity index (χ2n) is 6.02. The number of rotatable bonds is 3. The molecule has 1 saturated heterocycles. The Morgan fingerprint density at radius 1 is 1.16 bits per heavy atom. The van der Waals surface area contributed by atoms with E-state index in [4.69, 9.17) is 0 Å². The number of ketones is 1. The van der Waals surface area contributed by atoms with Gasteiger partial charge in [0.2, 0.25) is 0 Å². The molecular formula is C17H25NO. The molecule has 0 aliphatic carbocycles. The van der Waals surface area contributed by atoms with Crippen molar-refractivity contribution in [3.8, 4) is 0 Å². The van der Waals surface area contributed by atoms with E-state index < -0.39 is 0 Å². The number of benzene rings is 1. The van der Waals surface area contributed by atoms with Crippen LogP contribution in [0.2, 0.25) is 0 Å². The lowest BCUT2D eigenvalue weighted by Gasteiger charge is -2.38. The van der Waals surface area contributed by atoms with Crippen LogP contribution in [-0.2, 0) is 0 Å². The standard InChI is InChI=1S/C17H25NO/c1-12-8-9-16(10-13(12)2)17(19)11-18-14(3)6-5-7-15(18)4/h8-10,14-15H,5-7,11H2,1-4H3. The zero-order valence-corrected chi connectivity index (χ0v) is 12.6. The van der Waals surface area contributed by atoms with Crippen LogP contribution in [0.1, 0.15) is 54.6 Å². The minimum atomic E-state index is 0.253. The summed E-state index contributed by atoms with van der Waals surface area (Å²) in [4.78, 5) is 14.8. The largest absolute Gasteiger partial charge is 0.293 e. The molecule has 0 N–H and O–H groups in total. The van der Waals surface area contributed by atoms with Crippen LogP contribution in [-0.4, -0.2) is 29.3 Å². The van der Waals surface area contributed by atoms with Crippen LogP contribution in [0.5, 0.6) is 0 Å². The second-order valence-corrected chi connectivity index (χ2v) is 6.02. The van der Waals surface area contributed by atoms with Gasteiger partial charge in [-0.2, -0.15) is 0 Å². The molecule has 19 heavy (non-hydrogen) atoms. The molecule has 1 aliphatic rings. The Morgan fingerprint density at radius 3 is 2.37 bits per heavy atom. The summed E-state index contributed by atoms with van der Waals surface area (Å²) in [5.74, 6) is 0.253. The first-order valence-corrected chi connectivity index (χ1v) is 7.35. The molecule has 0 aromatic heterocycles. The molecule has 1 fully saturated rings. The van der Waals surface area contributed by atoms with Gasteiger partial charge in [0.25, 0.3) is 0 Å². The molecule has 1 aromatic carbocycles. The Kier molecular flexibility index (Phi) is 4.41. The van der Waals surface area contributed by atoms with E-state index in [0.29, 0.717) is 18.6 Å². The monoisotopic (exact) mass is 259 g/mol. The normalized spacial score (nSPS) is 24.4. The number of piperidine rings is 1. The Balaban J connectivity index is 2.09. The Labute approximate surface area is 116 Å². The van der Waals surface area contributed by atoms with Gasteiger partial charge in [0.1, 0.15) is 0 Å². The van der Waals surface area contributed by atoms with Crippen LogP contribution in [0.3, 0.4) is 0 Å². The third kappa shape index (κ3) is 3.24. The SMILES string of the molecule is Cc1ccc(C(=O)CN2C(C)CCCC2C)cc1C. The van der Waals surface area contributed by atoms with E-state index in [1.54, 1.807) is 0 Å². The molecule has 0 amide bonds. The van der Waals surface area contributed by atoms with Crippen LogP contribution >= 0.6 is 0 Å². The van der Waals surface area contributed by atoms with Gasteiger partial charge in [-0.25, -0.2) is 0 Å². The highest BCUT2D eigenvalue weighted by Crippen LogP contribution is 2.23. The first-order valence-electron chi connectivity index (χ1n) is 7.35. The van der Waals surface area contributed by atoms with Gasteiger partial charge < -0.3 is 0 Å². The Hall–Kier alpha value is -1.15. The zero-order chi connectivity index (χ0) is 14.0. The molecular weight excluding hydrogens is 234 g/mol. The van der Waals surface area contributed by atoms with Crippen molar-refractivity contribution in [3.05, 3.63) is 34.9 Å². The highest BCUT2D eigenvalue weighted by molar-refractivity contribution is 5.97. The maximum atomic E-state index is 12.4. The highest BCUT2D eigenvalue weighted by atomic mass is 16.1. The number of Topliss-reactive ketones (excluding diaryl/α,β-unsaturated/α-hetero) is 1. The molecule has 0 spiro atoms. The number of likely N-dealkylation sites (tertiary alicyclic amines) is 1. The van der Waals surface area contributed by atoms with E-state index in [2.05, 4.69) is 32.6 Å². The van der Waals surface area contributed by atoms with Gasteiger partial charge in [0.15, 0.2) is 5.78 Å². The van der Waals surface area contributed by atoms with E-state index in [-0.39, 0.29) is 5.78 Å². The fraction of sp³-hybridized carbons (Fsp3) is 0.588. The van der Waals surface area contributed by atoms with Crippen LogP contribution in [0.4, 0.5) is 0 Å². The average molecular weight is 259 g/mol. The summed E-state index contributed by atoms with van der Waals surface area (Å²) < 4.78 is 0. The van der Waals surface area contributed by atoms with E-state index in [9.17, 15) is 4.79 Å². The van der Waals surface area contributed by atoms with Crippen molar-refractivity contribution in [2.24, 2.45) is 0 Å². The van der Waals surface area contributed by atoms with E-state index in [1.807, 2.05) is 18.2 Å². The van der Waals surface area contributed by atoms with E-state index >= 15 is 0 Å². The minimum Gasteiger partial charge on any atom is -0.293 e. The number of carbonyl (C=O) groups excluding carboxylic acids is 1. The first kappa shape index (κ1) is 14.3. The third-order valence-corrected chi connectivity index (χ3v) is 4.53. The maximum Gasteiger partial charge on any atom is 0.176 e. The number of carbonyl (C=O) groups is 1. The number of aryl methyl sites for hydroxylation is 2. The zero-order valence-electron chi connectivity index (χ0n) is 12.6. The molecule has 0 radical (unpaired) electrons. The highest BCUT2D eigenvalue weighted by Gasteiger charge is 2.26. The predicted octanol–water partition coefficient (Wildman–Crippen LogP) is 3.75. The van der Waals surface area contributed by atoms with E-state index in [0.717, 1.165) is 5.56 Å². The summed E-state index contributed by atoms with van der Waals surface area (Å²) in [7, 11) is 0. The number of hydrogen-bond acceptors (Lipinski definition) is 2. The summed E-state index contributed by atoms with van der Waals surface area (Å²) in [5.41, 5.74) is 3.30. The molecule has 0 bridgehead atoms. The van der Waals surface area contributed by atoms with Crippen LogP contribution in [0.25, 0.3) is 0 Å².